The van der Waals surface area contributed by atoms with Crippen molar-refractivity contribution in [3.05, 3.63) is 48.5 Å². The van der Waals surface area contributed by atoms with Crippen LogP contribution in [0.5, 0.6) is 5.75 Å². The zero-order chi connectivity index (χ0) is 20.6. The van der Waals surface area contributed by atoms with Gasteiger partial charge in [0.05, 0.1) is 30.5 Å². The summed E-state index contributed by atoms with van der Waals surface area (Å²) in [4.78, 5) is 28.8. The highest BCUT2D eigenvalue weighted by Gasteiger charge is 2.14. The summed E-state index contributed by atoms with van der Waals surface area (Å²) in [6.45, 7) is 1.16. The topological polar surface area (TPSA) is 94.5 Å². The van der Waals surface area contributed by atoms with Gasteiger partial charge in [-0.2, -0.15) is 0 Å². The number of fused-ring (bicyclic) bond motifs is 1. The molecule has 2 aromatic carbocycles. The normalized spacial score (nSPS) is 10.7. The number of amides is 3. The highest BCUT2D eigenvalue weighted by Crippen LogP contribution is 2.24. The van der Waals surface area contributed by atoms with Crippen LogP contribution in [-0.4, -0.2) is 48.1 Å². The molecule has 0 saturated heterocycles. The second-order valence-corrected chi connectivity index (χ2v) is 6.99. The summed E-state index contributed by atoms with van der Waals surface area (Å²) in [5.41, 5.74) is 2.39. The predicted octanol–water partition coefficient (Wildman–Crippen LogP) is 3.13. The lowest BCUT2D eigenvalue weighted by Crippen LogP contribution is -2.35. The summed E-state index contributed by atoms with van der Waals surface area (Å²) < 4.78 is 12.2. The number of hydrogen-bond donors (Lipinski definition) is 2. The Morgan fingerprint density at radius 2 is 1.86 bits per heavy atom. The van der Waals surface area contributed by atoms with Gasteiger partial charge in [-0.05, 0) is 36.4 Å². The predicted molar refractivity (Wildman–Crippen MR) is 112 cm³/mol. The average molecular weight is 414 g/mol. The number of carbonyl (C=O) groups excluding carboxylic acids is 2. The van der Waals surface area contributed by atoms with Crippen LogP contribution >= 0.6 is 11.8 Å². The number of nitrogens with zero attached hydrogens (tertiary/aromatic N) is 2. The molecule has 8 nitrogen and oxygen atoms in total. The van der Waals surface area contributed by atoms with E-state index in [2.05, 4.69) is 15.6 Å². The van der Waals surface area contributed by atoms with Crippen molar-refractivity contribution >= 4 is 40.4 Å². The number of imide groups is 1. The lowest BCUT2D eigenvalue weighted by Gasteiger charge is -2.09. The number of anilines is 1. The molecule has 1 aromatic heterocycles. The smallest absolute Gasteiger partial charge is 0.325 e. The van der Waals surface area contributed by atoms with Crippen molar-refractivity contribution in [1.82, 2.24) is 14.9 Å². The number of carbonyl (C=O) groups is 2. The number of aromatic nitrogens is 2. The van der Waals surface area contributed by atoms with Crippen molar-refractivity contribution in [2.24, 2.45) is 0 Å². The van der Waals surface area contributed by atoms with Crippen molar-refractivity contribution < 1.29 is 19.1 Å². The van der Waals surface area contributed by atoms with Crippen molar-refractivity contribution in [2.75, 3.05) is 31.9 Å². The molecule has 3 rings (SSSR count). The lowest BCUT2D eigenvalue weighted by atomic mass is 10.3. The van der Waals surface area contributed by atoms with Crippen LogP contribution in [0.1, 0.15) is 0 Å². The first kappa shape index (κ1) is 20.7. The van der Waals surface area contributed by atoms with Gasteiger partial charge in [0.2, 0.25) is 5.91 Å². The van der Waals surface area contributed by atoms with Crippen LogP contribution in [0.15, 0.2) is 53.7 Å². The third-order valence-corrected chi connectivity index (χ3v) is 5.05. The highest BCUT2D eigenvalue weighted by atomic mass is 32.2. The molecule has 0 bridgehead atoms. The molecule has 0 unspecified atom stereocenters. The van der Waals surface area contributed by atoms with Gasteiger partial charge in [-0.3, -0.25) is 10.1 Å². The Hall–Kier alpha value is -3.04. The van der Waals surface area contributed by atoms with Crippen molar-refractivity contribution in [1.29, 1.82) is 0 Å². The number of hydrogen-bond acceptors (Lipinski definition) is 6. The van der Waals surface area contributed by atoms with Crippen LogP contribution in [0, 0.1) is 0 Å². The third kappa shape index (κ3) is 5.49. The second-order valence-electron chi connectivity index (χ2n) is 6.05. The zero-order valence-electron chi connectivity index (χ0n) is 16.2. The molecule has 3 aromatic rings. The number of nitrogens with one attached hydrogen (secondary N) is 2. The van der Waals surface area contributed by atoms with Gasteiger partial charge in [0.25, 0.3) is 0 Å². The van der Waals surface area contributed by atoms with Crippen LogP contribution in [-0.2, 0) is 16.1 Å². The summed E-state index contributed by atoms with van der Waals surface area (Å²) in [5.74, 6) is 0.331. The maximum atomic E-state index is 12.2. The molecule has 0 aliphatic heterocycles. The Balaban J connectivity index is 1.57. The molecule has 29 heavy (non-hydrogen) atoms. The van der Waals surface area contributed by atoms with Crippen LogP contribution < -0.4 is 15.4 Å². The Morgan fingerprint density at radius 1 is 1.10 bits per heavy atom. The molecule has 0 aliphatic rings. The molecule has 0 saturated carbocycles. The van der Waals surface area contributed by atoms with Crippen molar-refractivity contribution in [2.45, 2.75) is 11.7 Å². The molecule has 9 heteroatoms. The molecular formula is C20H22N4O4S. The molecule has 2 N–H and O–H groups in total. The van der Waals surface area contributed by atoms with E-state index in [0.29, 0.717) is 29.7 Å². The van der Waals surface area contributed by atoms with E-state index in [1.54, 1.807) is 38.5 Å². The molecule has 152 valence electrons. The number of imidazole rings is 1. The van der Waals surface area contributed by atoms with E-state index in [9.17, 15) is 9.59 Å². The van der Waals surface area contributed by atoms with Crippen molar-refractivity contribution in [3.8, 4) is 5.75 Å². The molecule has 0 aliphatic carbocycles. The van der Waals surface area contributed by atoms with Gasteiger partial charge >= 0.3 is 6.03 Å². The van der Waals surface area contributed by atoms with Gasteiger partial charge in [0.15, 0.2) is 5.16 Å². The Kier molecular flexibility index (Phi) is 7.09. The number of benzene rings is 2. The van der Waals surface area contributed by atoms with Gasteiger partial charge in [-0.1, -0.05) is 23.9 Å². The van der Waals surface area contributed by atoms with E-state index < -0.39 is 11.9 Å². The maximum Gasteiger partial charge on any atom is 0.325 e. The van der Waals surface area contributed by atoms with E-state index in [-0.39, 0.29) is 5.75 Å². The number of para-hydroxylation sites is 2. The standard InChI is InChI=1S/C20H22N4O4S/c1-27-12-11-24-17-6-4-3-5-16(17)22-20(24)29-13-18(25)23-19(26)21-14-7-9-15(28-2)10-8-14/h3-10H,11-13H2,1-2H3,(H2,21,23,25,26). The van der Waals surface area contributed by atoms with Gasteiger partial charge in [0.1, 0.15) is 5.75 Å². The maximum absolute atomic E-state index is 12.2. The first-order chi connectivity index (χ1) is 14.1. The summed E-state index contributed by atoms with van der Waals surface area (Å²) in [6.07, 6.45) is 0. The lowest BCUT2D eigenvalue weighted by molar-refractivity contribution is -0.117. The van der Waals surface area contributed by atoms with E-state index in [1.807, 2.05) is 28.8 Å². The van der Waals surface area contributed by atoms with Gasteiger partial charge in [-0.15, -0.1) is 0 Å². The van der Waals surface area contributed by atoms with Gasteiger partial charge in [0, 0.05) is 19.3 Å². The Bertz CT molecular complexity index is 988. The number of urea groups is 1. The van der Waals surface area contributed by atoms with Gasteiger partial charge in [-0.25, -0.2) is 9.78 Å². The van der Waals surface area contributed by atoms with Gasteiger partial charge < -0.3 is 19.4 Å². The zero-order valence-corrected chi connectivity index (χ0v) is 17.0. The second kappa shape index (κ2) is 9.94. The summed E-state index contributed by atoms with van der Waals surface area (Å²) in [5, 5.41) is 5.63. The molecule has 0 atom stereocenters. The quantitative estimate of drug-likeness (QED) is 0.550. The first-order valence-corrected chi connectivity index (χ1v) is 9.91. The Morgan fingerprint density at radius 3 is 2.59 bits per heavy atom. The largest absolute Gasteiger partial charge is 0.497 e. The van der Waals surface area contributed by atoms with E-state index in [0.717, 1.165) is 11.0 Å². The van der Waals surface area contributed by atoms with Crippen LogP contribution in [0.3, 0.4) is 0 Å². The Labute approximate surface area is 172 Å². The fourth-order valence-electron chi connectivity index (χ4n) is 2.69. The number of methoxy groups -OCH3 is 2. The minimum Gasteiger partial charge on any atom is -0.497 e. The van der Waals surface area contributed by atoms with Crippen LogP contribution in [0.4, 0.5) is 10.5 Å². The van der Waals surface area contributed by atoms with E-state index >= 15 is 0 Å². The molecule has 1 heterocycles. The van der Waals surface area contributed by atoms with E-state index in [4.69, 9.17) is 9.47 Å². The molecule has 0 radical (unpaired) electrons. The fraction of sp³-hybridized carbons (Fsp3) is 0.250. The molecule has 3 amide bonds. The van der Waals surface area contributed by atoms with Crippen molar-refractivity contribution in [3.63, 3.8) is 0 Å². The first-order valence-electron chi connectivity index (χ1n) is 8.92. The molecular weight excluding hydrogens is 392 g/mol. The SMILES string of the molecule is COCCn1c(SCC(=O)NC(=O)Nc2ccc(OC)cc2)nc2ccccc21. The fourth-order valence-corrected chi connectivity index (χ4v) is 3.53. The number of thioether (sulfide) groups is 1. The molecule has 0 fully saturated rings. The summed E-state index contributed by atoms with van der Waals surface area (Å²) in [7, 11) is 3.20. The minimum absolute atomic E-state index is 0.0618. The summed E-state index contributed by atoms with van der Waals surface area (Å²) in [6, 6.07) is 14.0. The number of ether oxygens (including phenoxy) is 2. The highest BCUT2D eigenvalue weighted by molar-refractivity contribution is 7.99. The minimum atomic E-state index is -0.589. The van der Waals surface area contributed by atoms with E-state index in [1.165, 1.54) is 11.8 Å². The average Bonchev–Trinajstić information content (AvgIpc) is 3.08. The summed E-state index contributed by atoms with van der Waals surface area (Å²) >= 11 is 1.27. The number of rotatable bonds is 8. The molecule has 0 spiro atoms. The van der Waals surface area contributed by atoms with Crippen LogP contribution in [0.25, 0.3) is 11.0 Å². The third-order valence-electron chi connectivity index (χ3n) is 4.07. The van der Waals surface area contributed by atoms with Crippen LogP contribution in [0.2, 0.25) is 0 Å². The monoisotopic (exact) mass is 414 g/mol.